The average Bonchev–Trinajstić information content (AvgIpc) is 2.53. The second-order valence-corrected chi connectivity index (χ2v) is 4.69. The molecule has 2 aromatic heterocycles. The third-order valence-corrected chi connectivity index (χ3v) is 3.40. The van der Waals surface area contributed by atoms with Crippen LogP contribution in [0.4, 0.5) is 5.95 Å². The van der Waals surface area contributed by atoms with Crippen LogP contribution in [-0.4, -0.2) is 35.1 Å². The molecule has 0 saturated carbocycles. The van der Waals surface area contributed by atoms with E-state index in [1.54, 1.807) is 31.4 Å². The minimum Gasteiger partial charge on any atom is -0.465 e. The molecule has 2 heterocycles. The lowest BCUT2D eigenvalue weighted by Gasteiger charge is -2.07. The van der Waals surface area contributed by atoms with E-state index < -0.39 is 5.97 Å². The molecule has 6 nitrogen and oxygen atoms in total. The number of nitrogens with zero attached hydrogens (tertiary/aromatic N) is 3. The van der Waals surface area contributed by atoms with Gasteiger partial charge in [-0.2, -0.15) is 0 Å². The van der Waals surface area contributed by atoms with Gasteiger partial charge in [0.25, 0.3) is 0 Å². The van der Waals surface area contributed by atoms with Gasteiger partial charge in [-0.1, -0.05) is 17.7 Å². The van der Waals surface area contributed by atoms with Crippen molar-refractivity contribution in [2.75, 3.05) is 19.5 Å². The summed E-state index contributed by atoms with van der Waals surface area (Å²) in [5.41, 5.74) is 1.58. The summed E-state index contributed by atoms with van der Waals surface area (Å²) in [7, 11) is 3.06. The zero-order valence-electron chi connectivity index (χ0n) is 11.3. The standard InChI is InChI=1S/C14H11ClN4O2/c1-16-14-17-6-9-8-4-3-7(13(20)21-2)5-10(8)18-12(15)11(9)19-14/h3-6H,1-2H3,(H,16,17,19). The summed E-state index contributed by atoms with van der Waals surface area (Å²) in [6.45, 7) is 0. The monoisotopic (exact) mass is 302 g/mol. The van der Waals surface area contributed by atoms with E-state index in [2.05, 4.69) is 20.3 Å². The fraction of sp³-hybridized carbons (Fsp3) is 0.143. The summed E-state index contributed by atoms with van der Waals surface area (Å²) in [6, 6.07) is 5.10. The molecule has 3 rings (SSSR count). The molecule has 1 N–H and O–H groups in total. The Balaban J connectivity index is 2.32. The van der Waals surface area contributed by atoms with Gasteiger partial charge in [-0.05, 0) is 12.1 Å². The van der Waals surface area contributed by atoms with Gasteiger partial charge in [0.05, 0.1) is 18.2 Å². The van der Waals surface area contributed by atoms with Crippen LogP contribution in [0.15, 0.2) is 24.4 Å². The van der Waals surface area contributed by atoms with Gasteiger partial charge in [0.15, 0.2) is 5.15 Å². The number of nitrogens with one attached hydrogen (secondary N) is 1. The van der Waals surface area contributed by atoms with Crippen molar-refractivity contribution >= 4 is 45.3 Å². The van der Waals surface area contributed by atoms with E-state index in [1.807, 2.05) is 0 Å². The van der Waals surface area contributed by atoms with Gasteiger partial charge >= 0.3 is 5.97 Å². The number of rotatable bonds is 2. The highest BCUT2D eigenvalue weighted by Crippen LogP contribution is 2.28. The van der Waals surface area contributed by atoms with Crippen molar-refractivity contribution in [3.63, 3.8) is 0 Å². The first-order valence-corrected chi connectivity index (χ1v) is 6.54. The highest BCUT2D eigenvalue weighted by molar-refractivity contribution is 6.35. The molecule has 0 unspecified atom stereocenters. The molecule has 0 spiro atoms. The maximum atomic E-state index is 11.6. The number of halogens is 1. The fourth-order valence-electron chi connectivity index (χ4n) is 2.11. The highest BCUT2D eigenvalue weighted by Gasteiger charge is 2.12. The predicted octanol–water partition coefficient (Wildman–Crippen LogP) is 2.66. The molecule has 0 aliphatic carbocycles. The Morgan fingerprint density at radius 2 is 2.10 bits per heavy atom. The molecule has 7 heteroatoms. The molecule has 0 aliphatic heterocycles. The Morgan fingerprint density at radius 3 is 2.81 bits per heavy atom. The topological polar surface area (TPSA) is 77.0 Å². The summed E-state index contributed by atoms with van der Waals surface area (Å²) in [5, 5.41) is 4.72. The number of ether oxygens (including phenoxy) is 1. The van der Waals surface area contributed by atoms with Crippen LogP contribution in [-0.2, 0) is 4.74 Å². The van der Waals surface area contributed by atoms with Crippen LogP contribution in [0.1, 0.15) is 10.4 Å². The molecular formula is C14H11ClN4O2. The summed E-state index contributed by atoms with van der Waals surface area (Å²) >= 11 is 6.19. The number of pyridine rings is 1. The summed E-state index contributed by atoms with van der Waals surface area (Å²) in [4.78, 5) is 24.4. The molecule has 0 aliphatic rings. The zero-order chi connectivity index (χ0) is 15.0. The van der Waals surface area contributed by atoms with Gasteiger partial charge < -0.3 is 10.1 Å². The number of benzene rings is 1. The molecule has 3 aromatic rings. The van der Waals surface area contributed by atoms with Gasteiger partial charge in [-0.15, -0.1) is 0 Å². The predicted molar refractivity (Wildman–Crippen MR) is 80.7 cm³/mol. The number of hydrogen-bond acceptors (Lipinski definition) is 6. The van der Waals surface area contributed by atoms with E-state index in [0.717, 1.165) is 10.8 Å². The number of methoxy groups -OCH3 is 1. The minimum atomic E-state index is -0.420. The first-order chi connectivity index (χ1) is 10.1. The summed E-state index contributed by atoms with van der Waals surface area (Å²) in [5.74, 6) is 0.0495. The number of anilines is 1. The second kappa shape index (κ2) is 5.14. The van der Waals surface area contributed by atoms with Crippen LogP contribution >= 0.6 is 11.6 Å². The molecule has 0 bridgehead atoms. The van der Waals surface area contributed by atoms with Crippen LogP contribution in [0.5, 0.6) is 0 Å². The van der Waals surface area contributed by atoms with Gasteiger partial charge in [0.1, 0.15) is 5.52 Å². The van der Waals surface area contributed by atoms with E-state index in [0.29, 0.717) is 22.5 Å². The Bertz CT molecular complexity index is 866. The first-order valence-electron chi connectivity index (χ1n) is 6.16. The largest absolute Gasteiger partial charge is 0.465 e. The molecule has 1 aromatic carbocycles. The maximum absolute atomic E-state index is 11.6. The molecule has 0 radical (unpaired) electrons. The smallest absolute Gasteiger partial charge is 0.337 e. The van der Waals surface area contributed by atoms with E-state index in [1.165, 1.54) is 7.11 Å². The lowest BCUT2D eigenvalue weighted by Crippen LogP contribution is -2.01. The van der Waals surface area contributed by atoms with Crippen LogP contribution < -0.4 is 5.32 Å². The lowest BCUT2D eigenvalue weighted by atomic mass is 10.1. The van der Waals surface area contributed by atoms with Crippen molar-refractivity contribution < 1.29 is 9.53 Å². The maximum Gasteiger partial charge on any atom is 0.337 e. The van der Waals surface area contributed by atoms with Crippen molar-refractivity contribution in [2.45, 2.75) is 0 Å². The minimum absolute atomic E-state index is 0.262. The molecular weight excluding hydrogens is 292 g/mol. The first kappa shape index (κ1) is 13.5. The van der Waals surface area contributed by atoms with Crippen LogP contribution in [0.25, 0.3) is 21.8 Å². The highest BCUT2D eigenvalue weighted by atomic mass is 35.5. The molecule has 21 heavy (non-hydrogen) atoms. The summed E-state index contributed by atoms with van der Waals surface area (Å²) in [6.07, 6.45) is 1.68. The van der Waals surface area contributed by atoms with Crippen LogP contribution in [0, 0.1) is 0 Å². The Morgan fingerprint density at radius 1 is 1.29 bits per heavy atom. The Labute approximate surface area is 125 Å². The number of fused-ring (bicyclic) bond motifs is 3. The van der Waals surface area contributed by atoms with Crippen molar-refractivity contribution in [3.8, 4) is 0 Å². The fourth-order valence-corrected chi connectivity index (χ4v) is 2.35. The number of carbonyl (C=O) groups excluding carboxylic acids is 1. The van der Waals surface area contributed by atoms with Crippen molar-refractivity contribution in [1.82, 2.24) is 15.0 Å². The second-order valence-electron chi connectivity index (χ2n) is 4.33. The number of aromatic nitrogens is 3. The normalized spacial score (nSPS) is 10.8. The molecule has 0 saturated heterocycles. The van der Waals surface area contributed by atoms with E-state index in [-0.39, 0.29) is 5.15 Å². The van der Waals surface area contributed by atoms with E-state index >= 15 is 0 Å². The Kier molecular flexibility index (Phi) is 3.31. The van der Waals surface area contributed by atoms with Crippen molar-refractivity contribution in [1.29, 1.82) is 0 Å². The quantitative estimate of drug-likeness (QED) is 0.445. The molecule has 0 fully saturated rings. The van der Waals surface area contributed by atoms with Gasteiger partial charge in [0, 0.05) is 24.0 Å². The van der Waals surface area contributed by atoms with Gasteiger partial charge in [-0.25, -0.2) is 19.7 Å². The van der Waals surface area contributed by atoms with Crippen molar-refractivity contribution in [3.05, 3.63) is 35.1 Å². The molecule has 106 valence electrons. The van der Waals surface area contributed by atoms with Crippen LogP contribution in [0.3, 0.4) is 0 Å². The zero-order valence-corrected chi connectivity index (χ0v) is 12.1. The lowest BCUT2D eigenvalue weighted by molar-refractivity contribution is 0.0601. The third-order valence-electron chi connectivity index (χ3n) is 3.14. The van der Waals surface area contributed by atoms with Gasteiger partial charge in [0.2, 0.25) is 5.95 Å². The number of esters is 1. The van der Waals surface area contributed by atoms with E-state index in [4.69, 9.17) is 16.3 Å². The van der Waals surface area contributed by atoms with Crippen molar-refractivity contribution in [2.24, 2.45) is 0 Å². The van der Waals surface area contributed by atoms with E-state index in [9.17, 15) is 4.79 Å². The number of carbonyl (C=O) groups is 1. The molecule has 0 atom stereocenters. The molecule has 0 amide bonds. The van der Waals surface area contributed by atoms with Crippen LogP contribution in [0.2, 0.25) is 5.15 Å². The number of hydrogen-bond donors (Lipinski definition) is 1. The Hall–Kier alpha value is -2.47. The van der Waals surface area contributed by atoms with Gasteiger partial charge in [-0.3, -0.25) is 0 Å². The third kappa shape index (κ3) is 2.23. The average molecular weight is 303 g/mol. The summed E-state index contributed by atoms with van der Waals surface area (Å²) < 4.78 is 4.70. The SMILES string of the molecule is CNc1ncc2c(n1)c(Cl)nc1cc(C(=O)OC)ccc12.